The highest BCUT2D eigenvalue weighted by Crippen LogP contribution is 2.54. The highest BCUT2D eigenvalue weighted by molar-refractivity contribution is 8.01. The van der Waals surface area contributed by atoms with Crippen LogP contribution < -0.4 is 5.30 Å². The van der Waals surface area contributed by atoms with E-state index in [1.807, 2.05) is 0 Å². The van der Waals surface area contributed by atoms with Gasteiger partial charge < -0.3 is 4.57 Å². The Morgan fingerprint density at radius 1 is 0.690 bits per heavy atom. The Balaban J connectivity index is 2.33. The molecule has 0 saturated carbocycles. The number of hydrogen-bond donors (Lipinski definition) is 0. The van der Waals surface area contributed by atoms with Crippen molar-refractivity contribution < 1.29 is 14.2 Å². The quantitative estimate of drug-likeness (QED) is 0.384. The second kappa shape index (κ2) is 8.45. The van der Waals surface area contributed by atoms with Crippen LogP contribution in [0.1, 0.15) is 31.8 Å². The molecule has 0 aliphatic carbocycles. The molecule has 3 aromatic rings. The molecule has 0 radical (unpaired) electrons. The molecule has 0 aromatic heterocycles. The fourth-order valence-electron chi connectivity index (χ4n) is 3.04. The summed E-state index contributed by atoms with van der Waals surface area (Å²) in [6.07, 6.45) is 0. The Kier molecular flexibility index (Phi) is 6.36. The molecular weight excluding hydrogens is 450 g/mol. The van der Waals surface area contributed by atoms with Gasteiger partial charge in [-0.1, -0.05) is 83.3 Å². The van der Waals surface area contributed by atoms with Gasteiger partial charge in [0.15, 0.2) is 0 Å². The first kappa shape index (κ1) is 21.8. The third kappa shape index (κ3) is 3.81. The summed E-state index contributed by atoms with van der Waals surface area (Å²) in [5.41, 5.74) is -0.723. The topological polar surface area (TPSA) is 51.2 Å². The second-order valence-corrected chi connectivity index (χ2v) is 10.3. The summed E-state index contributed by atoms with van der Waals surface area (Å²) in [5.74, 6) is 0. The normalized spacial score (nSPS) is 13.0. The Bertz CT molecular complexity index is 1150. The molecule has 0 spiro atoms. The minimum Gasteiger partial charge on any atom is -0.302 e. The molecule has 3 aromatic carbocycles. The van der Waals surface area contributed by atoms with Crippen molar-refractivity contribution in [2.45, 2.75) is 13.8 Å². The van der Waals surface area contributed by atoms with E-state index in [9.17, 15) is 14.2 Å². The molecular formula is C22H16Cl3O3P. The van der Waals surface area contributed by atoms with Crippen LogP contribution in [0, 0.1) is 13.8 Å². The van der Waals surface area contributed by atoms with Crippen LogP contribution in [0.25, 0.3) is 0 Å². The zero-order chi connectivity index (χ0) is 21.3. The van der Waals surface area contributed by atoms with Gasteiger partial charge >= 0.3 is 0 Å². The van der Waals surface area contributed by atoms with Gasteiger partial charge in [-0.2, -0.15) is 0 Å². The van der Waals surface area contributed by atoms with Gasteiger partial charge in [-0.05, 0) is 37.1 Å². The molecule has 0 fully saturated rings. The summed E-state index contributed by atoms with van der Waals surface area (Å²) in [4.78, 5) is 27.2. The highest BCUT2D eigenvalue weighted by Gasteiger charge is 2.45. The number of carbonyl (C=O) groups excluding carboxylic acids is 2. The Morgan fingerprint density at radius 2 is 1.28 bits per heavy atom. The summed E-state index contributed by atoms with van der Waals surface area (Å²) in [6.45, 7) is 3.37. The van der Waals surface area contributed by atoms with Gasteiger partial charge in [0, 0.05) is 10.9 Å². The average molecular weight is 466 g/mol. The maximum atomic E-state index is 14.3. The molecule has 7 heteroatoms. The predicted octanol–water partition coefficient (Wildman–Crippen LogP) is 6.93. The van der Waals surface area contributed by atoms with Crippen molar-refractivity contribution in [3.8, 4) is 0 Å². The SMILES string of the molecule is Cc1ccc(Cl)c(C(=O)P(=O)(C(=O)c2c(C)cccc2Cl)c2ccccc2)c1Cl. The summed E-state index contributed by atoms with van der Waals surface area (Å²) in [5, 5.41) is 0.330. The van der Waals surface area contributed by atoms with Gasteiger partial charge in [0.05, 0.1) is 20.6 Å². The van der Waals surface area contributed by atoms with E-state index in [2.05, 4.69) is 0 Å². The van der Waals surface area contributed by atoms with Crippen molar-refractivity contribution >= 4 is 58.3 Å². The molecule has 0 amide bonds. The summed E-state index contributed by atoms with van der Waals surface area (Å²) in [6, 6.07) is 15.9. The summed E-state index contributed by atoms with van der Waals surface area (Å²) in [7, 11) is -4.36. The van der Waals surface area contributed by atoms with Gasteiger partial charge in [-0.25, -0.2) is 0 Å². The molecule has 0 saturated heterocycles. The number of aryl methyl sites for hydroxylation is 2. The van der Waals surface area contributed by atoms with Gasteiger partial charge in [-0.15, -0.1) is 0 Å². The molecule has 0 aliphatic heterocycles. The van der Waals surface area contributed by atoms with E-state index in [4.69, 9.17) is 34.8 Å². The molecule has 0 N–H and O–H groups in total. The molecule has 148 valence electrons. The minimum atomic E-state index is -4.36. The van der Waals surface area contributed by atoms with Crippen LogP contribution in [-0.2, 0) is 4.57 Å². The number of halogens is 3. The molecule has 1 atom stereocenters. The second-order valence-electron chi connectivity index (χ2n) is 6.54. The van der Waals surface area contributed by atoms with Gasteiger partial charge in [0.2, 0.25) is 18.2 Å². The lowest BCUT2D eigenvalue weighted by molar-refractivity contribution is 0.104. The molecule has 0 heterocycles. The third-order valence-corrected chi connectivity index (χ3v) is 8.36. The standard InChI is InChI=1S/C22H16Cl3O3P/c1-13-7-6-10-16(23)18(13)21(26)29(28,15-8-4-3-5-9-15)22(27)19-17(24)12-11-14(2)20(19)25/h3-12H,1-2H3. The first-order valence-corrected chi connectivity index (χ1v) is 11.5. The molecule has 29 heavy (non-hydrogen) atoms. The molecule has 3 rings (SSSR count). The fourth-order valence-corrected chi connectivity index (χ4v) is 6.49. The van der Waals surface area contributed by atoms with Crippen LogP contribution in [0.15, 0.2) is 60.7 Å². The van der Waals surface area contributed by atoms with Crippen LogP contribution in [-0.4, -0.2) is 11.0 Å². The van der Waals surface area contributed by atoms with E-state index in [1.165, 1.54) is 24.3 Å². The fraction of sp³-hybridized carbons (Fsp3) is 0.0909. The molecule has 0 bridgehead atoms. The van der Waals surface area contributed by atoms with Gasteiger partial charge in [0.25, 0.3) is 0 Å². The van der Waals surface area contributed by atoms with E-state index in [-0.39, 0.29) is 31.5 Å². The first-order valence-electron chi connectivity index (χ1n) is 8.64. The Hall–Kier alpha value is -1.90. The number of hydrogen-bond acceptors (Lipinski definition) is 3. The van der Waals surface area contributed by atoms with Crippen LogP contribution in [0.2, 0.25) is 15.1 Å². The molecule has 0 aliphatic rings. The summed E-state index contributed by atoms with van der Waals surface area (Å²) < 4.78 is 14.3. The van der Waals surface area contributed by atoms with Gasteiger partial charge in [0.1, 0.15) is 0 Å². The van der Waals surface area contributed by atoms with E-state index < -0.39 is 18.2 Å². The van der Waals surface area contributed by atoms with Crippen molar-refractivity contribution in [2.75, 3.05) is 0 Å². The van der Waals surface area contributed by atoms with E-state index in [0.29, 0.717) is 11.1 Å². The van der Waals surface area contributed by atoms with Crippen molar-refractivity contribution in [1.29, 1.82) is 0 Å². The van der Waals surface area contributed by atoms with Crippen LogP contribution in [0.4, 0.5) is 0 Å². The predicted molar refractivity (Wildman–Crippen MR) is 120 cm³/mol. The Labute approximate surface area is 184 Å². The van der Waals surface area contributed by atoms with Crippen LogP contribution >= 0.6 is 41.9 Å². The van der Waals surface area contributed by atoms with Crippen molar-refractivity contribution in [3.63, 3.8) is 0 Å². The van der Waals surface area contributed by atoms with Crippen molar-refractivity contribution in [3.05, 3.63) is 98.0 Å². The zero-order valence-electron chi connectivity index (χ0n) is 15.6. The van der Waals surface area contributed by atoms with Crippen molar-refractivity contribution in [2.24, 2.45) is 0 Å². The smallest absolute Gasteiger partial charge is 0.248 e. The zero-order valence-corrected chi connectivity index (χ0v) is 18.7. The number of carbonyl (C=O) groups is 2. The third-order valence-electron chi connectivity index (χ3n) is 4.63. The maximum Gasteiger partial charge on any atom is 0.248 e. The van der Waals surface area contributed by atoms with Gasteiger partial charge in [-0.3, -0.25) is 9.59 Å². The monoisotopic (exact) mass is 464 g/mol. The van der Waals surface area contributed by atoms with E-state index in [0.717, 1.165) is 0 Å². The molecule has 3 nitrogen and oxygen atoms in total. The number of benzene rings is 3. The highest BCUT2D eigenvalue weighted by atomic mass is 35.5. The van der Waals surface area contributed by atoms with E-state index >= 15 is 0 Å². The van der Waals surface area contributed by atoms with Crippen LogP contribution in [0.3, 0.4) is 0 Å². The minimum absolute atomic E-state index is 0.0328. The lowest BCUT2D eigenvalue weighted by Crippen LogP contribution is -2.22. The first-order chi connectivity index (χ1) is 13.7. The summed E-state index contributed by atoms with van der Waals surface area (Å²) >= 11 is 18.8. The molecule has 1 unspecified atom stereocenters. The average Bonchev–Trinajstić information content (AvgIpc) is 2.70. The Morgan fingerprint density at radius 3 is 1.90 bits per heavy atom. The lowest BCUT2D eigenvalue weighted by Gasteiger charge is -2.20. The number of rotatable bonds is 5. The lowest BCUT2D eigenvalue weighted by atomic mass is 10.1. The largest absolute Gasteiger partial charge is 0.302 e. The van der Waals surface area contributed by atoms with E-state index in [1.54, 1.807) is 50.2 Å². The van der Waals surface area contributed by atoms with Crippen LogP contribution in [0.5, 0.6) is 0 Å². The maximum absolute atomic E-state index is 14.3. The van der Waals surface area contributed by atoms with Crippen molar-refractivity contribution in [1.82, 2.24) is 0 Å².